The quantitative estimate of drug-likeness (QED) is 0.756. The number of nitrogens with one attached hydrogen (secondary N) is 2. The first kappa shape index (κ1) is 10.5. The van der Waals surface area contributed by atoms with E-state index in [1.54, 1.807) is 6.20 Å². The Labute approximate surface area is 93.4 Å². The normalized spacial score (nSPS) is 26.2. The third kappa shape index (κ3) is 2.72. The van der Waals surface area contributed by atoms with Gasteiger partial charge in [-0.3, -0.25) is 9.89 Å². The van der Waals surface area contributed by atoms with Crippen LogP contribution in [0.4, 0.5) is 0 Å². The zero-order valence-electron chi connectivity index (χ0n) is 8.37. The highest BCUT2D eigenvalue weighted by atomic mass is 35.5. The number of H-pyrrole nitrogens is 1. The number of rotatable bonds is 2. The van der Waals surface area contributed by atoms with Crippen molar-refractivity contribution >= 4 is 17.5 Å². The minimum atomic E-state index is -0.0539. The van der Waals surface area contributed by atoms with Gasteiger partial charge in [-0.05, 0) is 25.7 Å². The molecular formula is C10H14ClN3O. The number of amides is 1. The Kier molecular flexibility index (Phi) is 3.26. The molecule has 1 aliphatic carbocycles. The smallest absolute Gasteiger partial charge is 0.254 e. The molecule has 2 N–H and O–H groups in total. The van der Waals surface area contributed by atoms with Crippen LogP contribution in [-0.4, -0.2) is 27.5 Å². The molecule has 1 saturated carbocycles. The molecule has 5 heteroatoms. The van der Waals surface area contributed by atoms with Crippen molar-refractivity contribution < 1.29 is 4.79 Å². The van der Waals surface area contributed by atoms with E-state index in [-0.39, 0.29) is 17.3 Å². The fourth-order valence-electron chi connectivity index (χ4n) is 1.84. The summed E-state index contributed by atoms with van der Waals surface area (Å²) in [5, 5.41) is 9.63. The Bertz CT molecular complexity index is 317. The minimum absolute atomic E-state index is 0.0539. The van der Waals surface area contributed by atoms with Crippen LogP contribution in [0.25, 0.3) is 0 Å². The van der Waals surface area contributed by atoms with Gasteiger partial charge in [-0.2, -0.15) is 5.10 Å². The number of alkyl halides is 1. The van der Waals surface area contributed by atoms with Gasteiger partial charge in [0.1, 0.15) is 0 Å². The molecule has 1 fully saturated rings. The third-order valence-electron chi connectivity index (χ3n) is 2.75. The molecule has 1 aliphatic rings. The van der Waals surface area contributed by atoms with Crippen molar-refractivity contribution in [2.24, 2.45) is 0 Å². The van der Waals surface area contributed by atoms with E-state index in [0.717, 1.165) is 25.7 Å². The van der Waals surface area contributed by atoms with Gasteiger partial charge in [0.2, 0.25) is 0 Å². The molecule has 15 heavy (non-hydrogen) atoms. The zero-order chi connectivity index (χ0) is 10.7. The zero-order valence-corrected chi connectivity index (χ0v) is 9.13. The highest BCUT2D eigenvalue weighted by Crippen LogP contribution is 2.22. The maximum Gasteiger partial charge on any atom is 0.254 e. The van der Waals surface area contributed by atoms with Crippen molar-refractivity contribution in [1.82, 2.24) is 15.5 Å². The van der Waals surface area contributed by atoms with Gasteiger partial charge < -0.3 is 5.32 Å². The Hall–Kier alpha value is -1.03. The van der Waals surface area contributed by atoms with E-state index >= 15 is 0 Å². The lowest BCUT2D eigenvalue weighted by molar-refractivity contribution is 0.0928. The molecule has 1 aromatic rings. The predicted molar refractivity (Wildman–Crippen MR) is 58.0 cm³/mol. The van der Waals surface area contributed by atoms with Crippen LogP contribution in [0.1, 0.15) is 36.0 Å². The second-order valence-corrected chi connectivity index (χ2v) is 4.53. The van der Waals surface area contributed by atoms with Crippen molar-refractivity contribution in [1.29, 1.82) is 0 Å². The molecule has 0 bridgehead atoms. The minimum Gasteiger partial charge on any atom is -0.349 e. The fraction of sp³-hybridized carbons (Fsp3) is 0.600. The Morgan fingerprint density at radius 1 is 1.47 bits per heavy atom. The van der Waals surface area contributed by atoms with E-state index < -0.39 is 0 Å². The van der Waals surface area contributed by atoms with Crippen molar-refractivity contribution in [3.8, 4) is 0 Å². The number of hydrogen-bond donors (Lipinski definition) is 2. The second-order valence-electron chi connectivity index (χ2n) is 3.91. The van der Waals surface area contributed by atoms with E-state index in [2.05, 4.69) is 15.5 Å². The van der Waals surface area contributed by atoms with E-state index in [9.17, 15) is 4.79 Å². The number of nitrogens with zero attached hydrogens (tertiary/aromatic N) is 1. The van der Waals surface area contributed by atoms with Crippen LogP contribution in [-0.2, 0) is 0 Å². The maximum absolute atomic E-state index is 11.7. The van der Waals surface area contributed by atoms with Crippen LogP contribution in [0.2, 0.25) is 0 Å². The van der Waals surface area contributed by atoms with Crippen molar-refractivity contribution in [3.05, 3.63) is 18.0 Å². The average Bonchev–Trinajstić information content (AvgIpc) is 2.74. The molecule has 0 aliphatic heterocycles. The first-order valence-corrected chi connectivity index (χ1v) is 5.63. The molecule has 0 radical (unpaired) electrons. The molecule has 1 amide bonds. The lowest BCUT2D eigenvalue weighted by atomic mass is 9.95. The number of carbonyl (C=O) groups is 1. The molecule has 82 valence electrons. The molecular weight excluding hydrogens is 214 g/mol. The summed E-state index contributed by atoms with van der Waals surface area (Å²) in [7, 11) is 0. The van der Waals surface area contributed by atoms with Crippen molar-refractivity contribution in [2.75, 3.05) is 0 Å². The summed E-state index contributed by atoms with van der Waals surface area (Å²) < 4.78 is 0. The summed E-state index contributed by atoms with van der Waals surface area (Å²) in [6, 6.07) is 0.266. The Balaban J connectivity index is 1.85. The van der Waals surface area contributed by atoms with Crippen molar-refractivity contribution in [2.45, 2.75) is 37.1 Å². The molecule has 1 heterocycles. The van der Waals surface area contributed by atoms with Gasteiger partial charge in [-0.1, -0.05) is 0 Å². The highest BCUT2D eigenvalue weighted by Gasteiger charge is 2.21. The first-order valence-electron chi connectivity index (χ1n) is 5.19. The molecule has 2 rings (SSSR count). The van der Waals surface area contributed by atoms with Crippen molar-refractivity contribution in [3.63, 3.8) is 0 Å². The molecule has 0 spiro atoms. The number of aromatic amines is 1. The number of carbonyl (C=O) groups excluding carboxylic acids is 1. The summed E-state index contributed by atoms with van der Waals surface area (Å²) in [6.45, 7) is 0. The standard InChI is InChI=1S/C10H14ClN3O/c11-8-1-3-9(4-2-8)14-10(15)7-5-12-13-6-7/h5-6,8-9H,1-4H2,(H,12,13)(H,14,15). The summed E-state index contributed by atoms with van der Waals surface area (Å²) in [5.41, 5.74) is 0.586. The van der Waals surface area contributed by atoms with Crippen LogP contribution in [0, 0.1) is 0 Å². The summed E-state index contributed by atoms with van der Waals surface area (Å²) >= 11 is 5.99. The molecule has 1 aromatic heterocycles. The van der Waals surface area contributed by atoms with Crippen LogP contribution in [0.5, 0.6) is 0 Å². The Morgan fingerprint density at radius 3 is 2.80 bits per heavy atom. The number of hydrogen-bond acceptors (Lipinski definition) is 2. The summed E-state index contributed by atoms with van der Waals surface area (Å²) in [4.78, 5) is 11.7. The van der Waals surface area contributed by atoms with Crippen LogP contribution in [0.15, 0.2) is 12.4 Å². The Morgan fingerprint density at radius 2 is 2.20 bits per heavy atom. The van der Waals surface area contributed by atoms with E-state index in [0.29, 0.717) is 5.56 Å². The molecule has 0 aromatic carbocycles. The van der Waals surface area contributed by atoms with Gasteiger partial charge in [-0.25, -0.2) is 0 Å². The average molecular weight is 228 g/mol. The molecule has 0 saturated heterocycles. The lowest BCUT2D eigenvalue weighted by Crippen LogP contribution is -2.37. The number of aromatic nitrogens is 2. The largest absolute Gasteiger partial charge is 0.349 e. The highest BCUT2D eigenvalue weighted by molar-refractivity contribution is 6.20. The van der Waals surface area contributed by atoms with Gasteiger partial charge >= 0.3 is 0 Å². The predicted octanol–water partition coefficient (Wildman–Crippen LogP) is 1.69. The third-order valence-corrected chi connectivity index (χ3v) is 3.19. The molecule has 0 unspecified atom stereocenters. The second kappa shape index (κ2) is 4.66. The van der Waals surface area contributed by atoms with E-state index in [1.807, 2.05) is 0 Å². The molecule has 4 nitrogen and oxygen atoms in total. The van der Waals surface area contributed by atoms with Gasteiger partial charge in [0, 0.05) is 17.6 Å². The molecule has 0 atom stereocenters. The maximum atomic E-state index is 11.7. The van der Waals surface area contributed by atoms with Crippen LogP contribution < -0.4 is 5.32 Å². The summed E-state index contributed by atoms with van der Waals surface area (Å²) in [6.07, 6.45) is 7.04. The van der Waals surface area contributed by atoms with E-state index in [1.165, 1.54) is 6.20 Å². The topological polar surface area (TPSA) is 57.8 Å². The lowest BCUT2D eigenvalue weighted by Gasteiger charge is -2.25. The monoisotopic (exact) mass is 227 g/mol. The van der Waals surface area contributed by atoms with Gasteiger partial charge in [0.25, 0.3) is 5.91 Å². The van der Waals surface area contributed by atoms with Gasteiger partial charge in [0.05, 0.1) is 11.8 Å². The van der Waals surface area contributed by atoms with Gasteiger partial charge in [-0.15, -0.1) is 11.6 Å². The van der Waals surface area contributed by atoms with Crippen LogP contribution in [0.3, 0.4) is 0 Å². The first-order chi connectivity index (χ1) is 7.25. The number of halogens is 1. The summed E-state index contributed by atoms with van der Waals surface area (Å²) in [5.74, 6) is -0.0539. The van der Waals surface area contributed by atoms with Gasteiger partial charge in [0.15, 0.2) is 0 Å². The SMILES string of the molecule is O=C(NC1CCC(Cl)CC1)c1cn[nH]c1. The van der Waals surface area contributed by atoms with Crippen LogP contribution >= 0.6 is 11.6 Å². The van der Waals surface area contributed by atoms with E-state index in [4.69, 9.17) is 11.6 Å². The fourth-order valence-corrected chi connectivity index (χ4v) is 2.09.